The van der Waals surface area contributed by atoms with Crippen LogP contribution in [0.25, 0.3) is 5.76 Å². The van der Waals surface area contributed by atoms with E-state index in [9.17, 15) is 24.8 Å². The summed E-state index contributed by atoms with van der Waals surface area (Å²) < 4.78 is 0.801. The summed E-state index contributed by atoms with van der Waals surface area (Å²) in [6, 6.07) is 11.8. The lowest BCUT2D eigenvalue weighted by atomic mass is 9.95. The molecule has 3 rings (SSSR count). The normalized spacial score (nSPS) is 17.1. The molecule has 0 unspecified atom stereocenters. The van der Waals surface area contributed by atoms with E-state index >= 15 is 0 Å². The maximum absolute atomic E-state index is 13.2. The van der Waals surface area contributed by atoms with Crippen LogP contribution in [0.5, 0.6) is 0 Å². The number of likely N-dealkylation sites (tertiary alicyclic amines) is 1. The lowest BCUT2D eigenvalue weighted by Gasteiger charge is -2.27. The topological polar surface area (TPSA) is 104 Å². The van der Waals surface area contributed by atoms with Gasteiger partial charge < -0.3 is 14.9 Å². The van der Waals surface area contributed by atoms with Crippen LogP contribution in [0.15, 0.2) is 58.6 Å². The second-order valence-electron chi connectivity index (χ2n) is 9.25. The number of unbranched alkanes of at least 4 members (excludes halogenated alkanes) is 2. The predicted molar refractivity (Wildman–Crippen MR) is 147 cm³/mol. The van der Waals surface area contributed by atoms with E-state index in [4.69, 9.17) is 0 Å². The molecule has 0 radical (unpaired) electrons. The Kier molecular flexibility index (Phi) is 10.4. The van der Waals surface area contributed by atoms with E-state index in [0.717, 1.165) is 49.8 Å². The fraction of sp³-hybridized carbons (Fsp3) is 0.429. The Morgan fingerprint density at radius 1 is 1.03 bits per heavy atom. The van der Waals surface area contributed by atoms with E-state index in [2.05, 4.69) is 34.7 Å². The van der Waals surface area contributed by atoms with Crippen LogP contribution in [0, 0.1) is 10.1 Å². The Morgan fingerprint density at radius 3 is 2.24 bits per heavy atom. The average Bonchev–Trinajstić information content (AvgIpc) is 3.15. The first kappa shape index (κ1) is 28.5. The molecule has 8 nitrogen and oxygen atoms in total. The zero-order valence-corrected chi connectivity index (χ0v) is 22.9. The van der Waals surface area contributed by atoms with Gasteiger partial charge in [-0.2, -0.15) is 0 Å². The molecule has 0 bridgehead atoms. The van der Waals surface area contributed by atoms with Crippen molar-refractivity contribution in [2.45, 2.75) is 52.0 Å². The highest BCUT2D eigenvalue weighted by Crippen LogP contribution is 2.40. The number of Topliss-reactive ketones (excluding diaryl/α,β-unsaturated/α-hetero) is 1. The third-order valence-electron chi connectivity index (χ3n) is 6.58. The molecule has 1 amide bonds. The highest BCUT2D eigenvalue weighted by atomic mass is 79.9. The molecule has 2 aromatic carbocycles. The molecule has 0 saturated carbocycles. The Labute approximate surface area is 226 Å². The number of ketones is 1. The molecule has 1 aliphatic heterocycles. The molecule has 0 aliphatic carbocycles. The van der Waals surface area contributed by atoms with Gasteiger partial charge in [0.25, 0.3) is 17.4 Å². The SMILES string of the molecule is CCCCN(CCCC)CCCN1C(=O)C(=O)C(=C(O)c2ccc(Br)cc2)[C@@H]1c1cccc([N+](=O)[O-])c1. The van der Waals surface area contributed by atoms with Crippen molar-refractivity contribution in [3.8, 4) is 0 Å². The van der Waals surface area contributed by atoms with Gasteiger partial charge in [-0.15, -0.1) is 0 Å². The summed E-state index contributed by atoms with van der Waals surface area (Å²) in [4.78, 5) is 41.2. The van der Waals surface area contributed by atoms with Gasteiger partial charge in [-0.05, 0) is 56.6 Å². The molecular weight excluding hydrogens is 538 g/mol. The van der Waals surface area contributed by atoms with Gasteiger partial charge in [0, 0.05) is 28.7 Å². The quantitative estimate of drug-likeness (QED) is 0.103. The lowest BCUT2D eigenvalue weighted by Crippen LogP contribution is -2.34. The average molecular weight is 572 g/mol. The van der Waals surface area contributed by atoms with E-state index in [1.54, 1.807) is 30.3 Å². The van der Waals surface area contributed by atoms with Crippen molar-refractivity contribution in [2.75, 3.05) is 26.2 Å². The van der Waals surface area contributed by atoms with Gasteiger partial charge in [-0.1, -0.05) is 66.9 Å². The van der Waals surface area contributed by atoms with E-state index < -0.39 is 22.7 Å². The molecule has 1 saturated heterocycles. The number of hydrogen-bond acceptors (Lipinski definition) is 6. The molecule has 37 heavy (non-hydrogen) atoms. The maximum atomic E-state index is 13.2. The second kappa shape index (κ2) is 13.5. The highest BCUT2D eigenvalue weighted by molar-refractivity contribution is 9.10. The minimum Gasteiger partial charge on any atom is -0.507 e. The zero-order valence-electron chi connectivity index (χ0n) is 21.4. The van der Waals surface area contributed by atoms with Crippen molar-refractivity contribution in [3.05, 3.63) is 79.8 Å². The van der Waals surface area contributed by atoms with Crippen LogP contribution in [-0.2, 0) is 9.59 Å². The Balaban J connectivity index is 1.96. The summed E-state index contributed by atoms with van der Waals surface area (Å²) in [5.74, 6) is -1.79. The number of hydrogen-bond donors (Lipinski definition) is 1. The summed E-state index contributed by atoms with van der Waals surface area (Å²) in [6.07, 6.45) is 5.02. The largest absolute Gasteiger partial charge is 0.507 e. The standard InChI is InChI=1S/C28H34BrN3O5/c1-3-5-15-30(16-6-4-2)17-8-18-31-25(21-9-7-10-23(19-21)32(36)37)24(27(34)28(31)35)26(33)20-11-13-22(29)14-12-20/h7,9-14,19,25,33H,3-6,8,15-18H2,1-2H3/t25-/m0/s1. The van der Waals surface area contributed by atoms with E-state index in [0.29, 0.717) is 24.1 Å². The highest BCUT2D eigenvalue weighted by Gasteiger charge is 2.46. The van der Waals surface area contributed by atoms with Gasteiger partial charge >= 0.3 is 0 Å². The summed E-state index contributed by atoms with van der Waals surface area (Å²) in [7, 11) is 0. The van der Waals surface area contributed by atoms with Gasteiger partial charge in [0.1, 0.15) is 5.76 Å². The lowest BCUT2D eigenvalue weighted by molar-refractivity contribution is -0.384. The number of nitro groups is 1. The molecule has 0 spiro atoms. The molecule has 2 aromatic rings. The molecule has 1 atom stereocenters. The molecule has 1 heterocycles. The number of benzene rings is 2. The van der Waals surface area contributed by atoms with E-state index in [-0.39, 0.29) is 17.0 Å². The predicted octanol–water partition coefficient (Wildman–Crippen LogP) is 6.07. The number of non-ortho nitro benzene ring substituents is 1. The van der Waals surface area contributed by atoms with E-state index in [1.165, 1.54) is 23.1 Å². The Morgan fingerprint density at radius 2 is 1.65 bits per heavy atom. The number of carbonyl (C=O) groups excluding carboxylic acids is 2. The van der Waals surface area contributed by atoms with Crippen LogP contribution in [0.3, 0.4) is 0 Å². The minimum atomic E-state index is -0.914. The fourth-order valence-electron chi connectivity index (χ4n) is 4.59. The molecule has 1 aliphatic rings. The number of aliphatic hydroxyl groups excluding tert-OH is 1. The zero-order chi connectivity index (χ0) is 26.9. The van der Waals surface area contributed by atoms with Crippen LogP contribution in [0.1, 0.15) is 63.1 Å². The summed E-state index contributed by atoms with van der Waals surface area (Å²) in [5.41, 5.74) is 0.612. The van der Waals surface area contributed by atoms with Crippen molar-refractivity contribution in [2.24, 2.45) is 0 Å². The number of carbonyl (C=O) groups is 2. The number of amides is 1. The number of nitrogens with zero attached hydrogens (tertiary/aromatic N) is 3. The van der Waals surface area contributed by atoms with E-state index in [1.807, 2.05) is 0 Å². The number of rotatable bonds is 13. The van der Waals surface area contributed by atoms with Crippen molar-refractivity contribution in [3.63, 3.8) is 0 Å². The molecule has 0 aromatic heterocycles. The number of nitro benzene ring substituents is 1. The summed E-state index contributed by atoms with van der Waals surface area (Å²) in [5, 5.41) is 22.6. The molecule has 1 fully saturated rings. The van der Waals surface area contributed by atoms with Crippen LogP contribution in [0.2, 0.25) is 0 Å². The van der Waals surface area contributed by atoms with Crippen molar-refractivity contribution >= 4 is 39.1 Å². The first-order valence-corrected chi connectivity index (χ1v) is 13.6. The third-order valence-corrected chi connectivity index (χ3v) is 7.11. The molecular formula is C28H34BrN3O5. The number of aliphatic hydroxyl groups is 1. The van der Waals surface area contributed by atoms with Crippen molar-refractivity contribution in [1.29, 1.82) is 0 Å². The summed E-state index contributed by atoms with van der Waals surface area (Å²) >= 11 is 3.36. The minimum absolute atomic E-state index is 0.0540. The third kappa shape index (κ3) is 7.05. The van der Waals surface area contributed by atoms with Crippen LogP contribution < -0.4 is 0 Å². The Bertz CT molecular complexity index is 1140. The number of halogens is 1. The molecule has 198 valence electrons. The van der Waals surface area contributed by atoms with Gasteiger partial charge in [-0.25, -0.2) is 0 Å². The summed E-state index contributed by atoms with van der Waals surface area (Å²) in [6.45, 7) is 7.34. The van der Waals surface area contributed by atoms with Crippen LogP contribution in [-0.4, -0.2) is 57.7 Å². The monoisotopic (exact) mass is 571 g/mol. The van der Waals surface area contributed by atoms with Crippen molar-refractivity contribution in [1.82, 2.24) is 9.80 Å². The first-order chi connectivity index (χ1) is 17.8. The maximum Gasteiger partial charge on any atom is 0.295 e. The first-order valence-electron chi connectivity index (χ1n) is 12.8. The Hall–Kier alpha value is -3.04. The second-order valence-corrected chi connectivity index (χ2v) is 10.2. The molecule has 1 N–H and O–H groups in total. The van der Waals surface area contributed by atoms with Gasteiger partial charge in [0.15, 0.2) is 0 Å². The van der Waals surface area contributed by atoms with Gasteiger partial charge in [0.05, 0.1) is 16.5 Å². The fourth-order valence-corrected chi connectivity index (χ4v) is 4.86. The van der Waals surface area contributed by atoms with Crippen molar-refractivity contribution < 1.29 is 19.6 Å². The van der Waals surface area contributed by atoms with Crippen LogP contribution in [0.4, 0.5) is 5.69 Å². The van der Waals surface area contributed by atoms with Crippen LogP contribution >= 0.6 is 15.9 Å². The van der Waals surface area contributed by atoms with Gasteiger partial charge in [0.2, 0.25) is 0 Å². The molecule has 9 heteroatoms. The van der Waals surface area contributed by atoms with Gasteiger partial charge in [-0.3, -0.25) is 19.7 Å². The smallest absolute Gasteiger partial charge is 0.295 e.